The van der Waals surface area contributed by atoms with E-state index in [0.717, 1.165) is 39.2 Å². The molecule has 0 bridgehead atoms. The molecule has 0 radical (unpaired) electrons. The average molecular weight is 513 g/mol. The van der Waals surface area contributed by atoms with Crippen molar-refractivity contribution < 1.29 is 9.53 Å². The van der Waals surface area contributed by atoms with E-state index >= 15 is 0 Å². The molecule has 0 spiro atoms. The fourth-order valence-corrected chi connectivity index (χ4v) is 4.35. The van der Waals surface area contributed by atoms with Crippen LogP contribution in [0.2, 0.25) is 5.02 Å². The summed E-state index contributed by atoms with van der Waals surface area (Å²) >= 11 is 6.54. The van der Waals surface area contributed by atoms with Crippen LogP contribution in [0.5, 0.6) is 11.5 Å². The monoisotopic (exact) mass is 512 g/mol. The number of rotatable bonds is 6. The second-order valence-electron chi connectivity index (χ2n) is 8.61. The van der Waals surface area contributed by atoms with Crippen LogP contribution >= 0.6 is 11.6 Å². The average Bonchev–Trinajstić information content (AvgIpc) is 3.19. The number of aromatic nitrogens is 4. The first-order valence-corrected chi connectivity index (χ1v) is 12.0. The highest BCUT2D eigenvalue weighted by Gasteiger charge is 2.13. The van der Waals surface area contributed by atoms with Crippen molar-refractivity contribution in [2.45, 2.75) is 13.8 Å². The van der Waals surface area contributed by atoms with E-state index in [9.17, 15) is 4.79 Å². The van der Waals surface area contributed by atoms with Crippen LogP contribution in [0.1, 0.15) is 21.9 Å². The molecule has 0 aliphatic heterocycles. The van der Waals surface area contributed by atoms with Crippen LogP contribution in [0.3, 0.4) is 0 Å². The molecular formula is C28H25ClN6O2. The largest absolute Gasteiger partial charge is 0.457 e. The maximum absolute atomic E-state index is 11.9. The molecule has 0 fully saturated rings. The van der Waals surface area contributed by atoms with Gasteiger partial charge in [0.05, 0.1) is 11.0 Å². The van der Waals surface area contributed by atoms with Gasteiger partial charge in [0, 0.05) is 65.6 Å². The van der Waals surface area contributed by atoms with E-state index in [0.29, 0.717) is 22.5 Å². The predicted molar refractivity (Wildman–Crippen MR) is 146 cm³/mol. The number of benzene rings is 2. The predicted octanol–water partition coefficient (Wildman–Crippen LogP) is 6.20. The fourth-order valence-electron chi connectivity index (χ4n) is 4.13. The van der Waals surface area contributed by atoms with Gasteiger partial charge in [-0.3, -0.25) is 14.8 Å². The zero-order valence-corrected chi connectivity index (χ0v) is 21.6. The number of imidazole rings is 1. The zero-order chi connectivity index (χ0) is 26.1. The van der Waals surface area contributed by atoms with Gasteiger partial charge in [-0.2, -0.15) is 0 Å². The molecule has 8 nitrogen and oxygen atoms in total. The first-order chi connectivity index (χ1) is 17.8. The minimum absolute atomic E-state index is 0.277. The first-order valence-electron chi connectivity index (χ1n) is 11.7. The van der Waals surface area contributed by atoms with Gasteiger partial charge in [0.15, 0.2) is 0 Å². The SMILES string of the molecule is CNC(=O)c1cc(Oc2ccc3c(c2)nc(Nc2ccc(Cl)c(-c4ccc(C)nc4C)c2)n3C)ccn1. The van der Waals surface area contributed by atoms with E-state index in [2.05, 4.69) is 20.6 Å². The number of carbonyl (C=O) groups excluding carboxylic acids is 1. The fraction of sp³-hybridized carbons (Fsp3) is 0.143. The van der Waals surface area contributed by atoms with Crippen molar-refractivity contribution in [3.8, 4) is 22.6 Å². The Bertz CT molecular complexity index is 1650. The van der Waals surface area contributed by atoms with Crippen molar-refractivity contribution in [3.63, 3.8) is 0 Å². The molecule has 9 heteroatoms. The van der Waals surface area contributed by atoms with Crippen molar-refractivity contribution in [2.75, 3.05) is 12.4 Å². The molecule has 0 saturated heterocycles. The number of anilines is 2. The number of nitrogens with one attached hydrogen (secondary N) is 2. The lowest BCUT2D eigenvalue weighted by atomic mass is 10.0. The summed E-state index contributed by atoms with van der Waals surface area (Å²) in [6.45, 7) is 3.95. The number of nitrogens with zero attached hydrogens (tertiary/aromatic N) is 4. The molecular weight excluding hydrogens is 488 g/mol. The Labute approximate surface area is 219 Å². The maximum Gasteiger partial charge on any atom is 0.269 e. The van der Waals surface area contributed by atoms with Crippen molar-refractivity contribution in [2.24, 2.45) is 7.05 Å². The van der Waals surface area contributed by atoms with Gasteiger partial charge in [0.1, 0.15) is 17.2 Å². The summed E-state index contributed by atoms with van der Waals surface area (Å²) in [5.41, 5.74) is 6.61. The van der Waals surface area contributed by atoms with Crippen LogP contribution in [0.25, 0.3) is 22.2 Å². The second kappa shape index (κ2) is 9.91. The molecule has 3 heterocycles. The lowest BCUT2D eigenvalue weighted by Crippen LogP contribution is -2.18. The summed E-state index contributed by atoms with van der Waals surface area (Å²) in [7, 11) is 3.51. The third-order valence-electron chi connectivity index (χ3n) is 6.02. The molecule has 0 atom stereocenters. The van der Waals surface area contributed by atoms with Gasteiger partial charge in [-0.1, -0.05) is 17.7 Å². The van der Waals surface area contributed by atoms with Crippen molar-refractivity contribution in [3.05, 3.63) is 89.0 Å². The smallest absolute Gasteiger partial charge is 0.269 e. The summed E-state index contributed by atoms with van der Waals surface area (Å²) < 4.78 is 7.95. The number of ether oxygens (including phenoxy) is 1. The minimum Gasteiger partial charge on any atom is -0.457 e. The van der Waals surface area contributed by atoms with E-state index in [4.69, 9.17) is 21.3 Å². The van der Waals surface area contributed by atoms with Gasteiger partial charge in [-0.25, -0.2) is 4.98 Å². The summed E-state index contributed by atoms with van der Waals surface area (Å²) in [5, 5.41) is 6.62. The number of fused-ring (bicyclic) bond motifs is 1. The number of hydrogen-bond donors (Lipinski definition) is 2. The highest BCUT2D eigenvalue weighted by atomic mass is 35.5. The minimum atomic E-state index is -0.277. The van der Waals surface area contributed by atoms with Gasteiger partial charge in [0.25, 0.3) is 5.91 Å². The van der Waals surface area contributed by atoms with Crippen molar-refractivity contribution in [1.82, 2.24) is 24.8 Å². The summed E-state index contributed by atoms with van der Waals surface area (Å²) in [6, 6.07) is 18.8. The summed E-state index contributed by atoms with van der Waals surface area (Å²) in [4.78, 5) is 25.3. The molecule has 37 heavy (non-hydrogen) atoms. The Morgan fingerprint density at radius 3 is 2.54 bits per heavy atom. The quantitative estimate of drug-likeness (QED) is 0.281. The number of carbonyl (C=O) groups is 1. The third kappa shape index (κ3) is 4.96. The maximum atomic E-state index is 11.9. The van der Waals surface area contributed by atoms with Gasteiger partial charge in [0.2, 0.25) is 5.95 Å². The van der Waals surface area contributed by atoms with Crippen LogP contribution in [-0.2, 0) is 7.05 Å². The molecule has 5 aromatic rings. The van der Waals surface area contributed by atoms with Gasteiger partial charge < -0.3 is 19.9 Å². The molecule has 3 aromatic heterocycles. The lowest BCUT2D eigenvalue weighted by Gasteiger charge is -2.12. The summed E-state index contributed by atoms with van der Waals surface area (Å²) in [5.74, 6) is 1.50. The molecule has 2 aromatic carbocycles. The van der Waals surface area contributed by atoms with E-state index in [1.54, 1.807) is 19.2 Å². The van der Waals surface area contributed by atoms with Gasteiger partial charge in [-0.05, 0) is 56.3 Å². The van der Waals surface area contributed by atoms with E-state index < -0.39 is 0 Å². The number of aryl methyl sites for hydroxylation is 3. The van der Waals surface area contributed by atoms with Gasteiger partial charge in [-0.15, -0.1) is 0 Å². The van der Waals surface area contributed by atoms with Crippen molar-refractivity contribution >= 4 is 40.2 Å². The van der Waals surface area contributed by atoms with Crippen LogP contribution < -0.4 is 15.4 Å². The van der Waals surface area contributed by atoms with Crippen LogP contribution in [0, 0.1) is 13.8 Å². The van der Waals surface area contributed by atoms with Gasteiger partial charge >= 0.3 is 0 Å². The molecule has 2 N–H and O–H groups in total. The Morgan fingerprint density at radius 2 is 1.76 bits per heavy atom. The van der Waals surface area contributed by atoms with Crippen LogP contribution in [-0.4, -0.2) is 32.5 Å². The lowest BCUT2D eigenvalue weighted by molar-refractivity contribution is 0.0958. The number of hydrogen-bond acceptors (Lipinski definition) is 6. The Balaban J connectivity index is 1.42. The first kappa shape index (κ1) is 24.3. The molecule has 0 aliphatic rings. The van der Waals surface area contributed by atoms with Crippen molar-refractivity contribution in [1.29, 1.82) is 0 Å². The molecule has 5 rings (SSSR count). The standard InChI is InChI=1S/C28H25ClN6O2/c1-16-5-8-21(17(2)32-16)22-13-18(6-9-23(22)29)33-28-34-24-14-19(7-10-26(24)35(28)4)37-20-11-12-31-25(15-20)27(36)30-3/h5-15H,1-4H3,(H,30,36)(H,33,34). The molecule has 0 aliphatic carbocycles. The highest BCUT2D eigenvalue weighted by molar-refractivity contribution is 6.33. The summed E-state index contributed by atoms with van der Waals surface area (Å²) in [6.07, 6.45) is 1.54. The number of pyridine rings is 2. The zero-order valence-electron chi connectivity index (χ0n) is 20.8. The topological polar surface area (TPSA) is 94.0 Å². The van der Waals surface area contributed by atoms with E-state index in [1.807, 2.05) is 74.0 Å². The highest BCUT2D eigenvalue weighted by Crippen LogP contribution is 2.34. The Kier molecular flexibility index (Phi) is 6.50. The normalized spacial score (nSPS) is 10.9. The van der Waals surface area contributed by atoms with Crippen LogP contribution in [0.15, 0.2) is 66.9 Å². The van der Waals surface area contributed by atoms with E-state index in [-0.39, 0.29) is 11.6 Å². The molecule has 1 amide bonds. The molecule has 0 unspecified atom stereocenters. The molecule has 0 saturated carbocycles. The molecule has 186 valence electrons. The number of amides is 1. The van der Waals surface area contributed by atoms with E-state index in [1.165, 1.54) is 6.20 Å². The van der Waals surface area contributed by atoms with Crippen LogP contribution in [0.4, 0.5) is 11.6 Å². The number of halogens is 1. The second-order valence-corrected chi connectivity index (χ2v) is 9.02. The Morgan fingerprint density at radius 1 is 0.946 bits per heavy atom. The Hall–Kier alpha value is -4.43. The third-order valence-corrected chi connectivity index (χ3v) is 6.35.